The molecule has 5 nitrogen and oxygen atoms in total. The van der Waals surface area contributed by atoms with E-state index in [1.165, 1.54) is 17.7 Å². The minimum absolute atomic E-state index is 0.216. The van der Waals surface area contributed by atoms with Gasteiger partial charge in [-0.15, -0.1) is 5.10 Å². The largest absolute Gasteiger partial charge is 0.497 e. The first kappa shape index (κ1) is 19.6. The third-order valence-corrected chi connectivity index (χ3v) is 5.70. The summed E-state index contributed by atoms with van der Waals surface area (Å²) in [5, 5.41) is 8.66. The van der Waals surface area contributed by atoms with Crippen LogP contribution in [0.2, 0.25) is 0 Å². The third kappa shape index (κ3) is 5.21. The second-order valence-electron chi connectivity index (χ2n) is 7.68. The normalized spacial score (nSPS) is 15.5. The molecule has 152 valence electrons. The first-order valence-corrected chi connectivity index (χ1v) is 10.2. The highest BCUT2D eigenvalue weighted by atomic mass is 19.1. The standard InChI is InChI=1S/C23H27FN4O/c1-29-22-8-4-18(5-9-22)10-13-27-14-11-20(12-15-27)23-17-28(26-25-23)16-19-2-6-21(24)7-3-19/h2-9,17,20H,10-16H2,1H3. The molecule has 4 rings (SSSR count). The molecule has 0 spiro atoms. The molecule has 0 atom stereocenters. The van der Waals surface area contributed by atoms with Crippen LogP contribution in [0.3, 0.4) is 0 Å². The van der Waals surface area contributed by atoms with E-state index >= 15 is 0 Å². The maximum atomic E-state index is 13.0. The van der Waals surface area contributed by atoms with Crippen LogP contribution in [0.15, 0.2) is 54.7 Å². The molecule has 0 radical (unpaired) electrons. The van der Waals surface area contributed by atoms with Gasteiger partial charge in [-0.1, -0.05) is 29.5 Å². The van der Waals surface area contributed by atoms with Gasteiger partial charge in [0.05, 0.1) is 19.3 Å². The fourth-order valence-electron chi connectivity index (χ4n) is 3.89. The second kappa shape index (κ2) is 9.18. The maximum Gasteiger partial charge on any atom is 0.123 e. The average Bonchev–Trinajstić information content (AvgIpc) is 3.23. The molecule has 1 fully saturated rings. The van der Waals surface area contributed by atoms with E-state index < -0.39 is 0 Å². The Balaban J connectivity index is 1.25. The summed E-state index contributed by atoms with van der Waals surface area (Å²) >= 11 is 0. The molecule has 29 heavy (non-hydrogen) atoms. The van der Waals surface area contributed by atoms with Crippen LogP contribution in [-0.4, -0.2) is 46.6 Å². The molecule has 1 aliphatic rings. The Morgan fingerprint density at radius 1 is 1.00 bits per heavy atom. The van der Waals surface area contributed by atoms with Gasteiger partial charge in [-0.2, -0.15) is 0 Å². The van der Waals surface area contributed by atoms with E-state index in [1.54, 1.807) is 19.2 Å². The molecule has 0 bridgehead atoms. The van der Waals surface area contributed by atoms with Gasteiger partial charge in [0, 0.05) is 18.7 Å². The lowest BCUT2D eigenvalue weighted by Crippen LogP contribution is -2.34. The molecule has 1 saturated heterocycles. The minimum Gasteiger partial charge on any atom is -0.497 e. The van der Waals surface area contributed by atoms with Crippen molar-refractivity contribution in [1.82, 2.24) is 19.9 Å². The Morgan fingerprint density at radius 3 is 2.38 bits per heavy atom. The van der Waals surface area contributed by atoms with Crippen LogP contribution in [0.4, 0.5) is 4.39 Å². The van der Waals surface area contributed by atoms with Crippen LogP contribution in [0.1, 0.15) is 35.6 Å². The van der Waals surface area contributed by atoms with Crippen molar-refractivity contribution in [2.45, 2.75) is 31.7 Å². The molecule has 1 aliphatic heterocycles. The molecule has 0 aliphatic carbocycles. The zero-order valence-electron chi connectivity index (χ0n) is 16.8. The quantitative estimate of drug-likeness (QED) is 0.610. The van der Waals surface area contributed by atoms with E-state index in [2.05, 4.69) is 27.3 Å². The number of aromatic nitrogens is 3. The number of benzene rings is 2. The number of halogens is 1. The molecule has 0 saturated carbocycles. The zero-order chi connectivity index (χ0) is 20.1. The highest BCUT2D eigenvalue weighted by molar-refractivity contribution is 5.27. The highest BCUT2D eigenvalue weighted by Gasteiger charge is 2.22. The Morgan fingerprint density at radius 2 is 1.69 bits per heavy atom. The number of nitrogens with zero attached hydrogens (tertiary/aromatic N) is 4. The smallest absolute Gasteiger partial charge is 0.123 e. The van der Waals surface area contributed by atoms with Crippen molar-refractivity contribution in [3.63, 3.8) is 0 Å². The molecule has 0 amide bonds. The molecule has 3 aromatic rings. The first-order chi connectivity index (χ1) is 14.2. The number of piperidine rings is 1. The predicted octanol–water partition coefficient (Wildman–Crippen LogP) is 3.90. The van der Waals surface area contributed by atoms with Gasteiger partial charge in [0.2, 0.25) is 0 Å². The molecule has 0 N–H and O–H groups in total. The number of hydrogen-bond donors (Lipinski definition) is 0. The summed E-state index contributed by atoms with van der Waals surface area (Å²) < 4.78 is 20.1. The SMILES string of the molecule is COc1ccc(CCN2CCC(c3cn(Cc4ccc(F)cc4)nn3)CC2)cc1. The molecular weight excluding hydrogens is 367 g/mol. The number of likely N-dealkylation sites (tertiary alicyclic amines) is 1. The van der Waals surface area contributed by atoms with E-state index in [0.717, 1.165) is 55.9 Å². The fraction of sp³-hybridized carbons (Fsp3) is 0.391. The Kier molecular flexibility index (Phi) is 6.20. The van der Waals surface area contributed by atoms with Crippen LogP contribution in [-0.2, 0) is 13.0 Å². The summed E-state index contributed by atoms with van der Waals surface area (Å²) in [6.45, 7) is 3.88. The van der Waals surface area contributed by atoms with Gasteiger partial charge >= 0.3 is 0 Å². The van der Waals surface area contributed by atoms with Crippen LogP contribution in [0, 0.1) is 5.82 Å². The molecule has 2 heterocycles. The lowest BCUT2D eigenvalue weighted by Gasteiger charge is -2.31. The lowest BCUT2D eigenvalue weighted by atomic mass is 9.94. The van der Waals surface area contributed by atoms with Gasteiger partial charge in [0.25, 0.3) is 0 Å². The molecule has 2 aromatic carbocycles. The van der Waals surface area contributed by atoms with Crippen molar-refractivity contribution in [1.29, 1.82) is 0 Å². The Hall–Kier alpha value is -2.73. The third-order valence-electron chi connectivity index (χ3n) is 5.70. The van der Waals surface area contributed by atoms with Gasteiger partial charge in [-0.25, -0.2) is 9.07 Å². The van der Waals surface area contributed by atoms with E-state index in [0.29, 0.717) is 12.5 Å². The minimum atomic E-state index is -0.216. The first-order valence-electron chi connectivity index (χ1n) is 10.2. The maximum absolute atomic E-state index is 13.0. The average molecular weight is 394 g/mol. The van der Waals surface area contributed by atoms with E-state index in [9.17, 15) is 4.39 Å². The van der Waals surface area contributed by atoms with Gasteiger partial charge < -0.3 is 9.64 Å². The molecule has 6 heteroatoms. The summed E-state index contributed by atoms with van der Waals surface area (Å²) in [5.41, 5.74) is 3.44. The summed E-state index contributed by atoms with van der Waals surface area (Å²) in [5.74, 6) is 1.16. The number of rotatable bonds is 7. The Bertz CT molecular complexity index is 899. The van der Waals surface area contributed by atoms with Gasteiger partial charge in [0.1, 0.15) is 11.6 Å². The summed E-state index contributed by atoms with van der Waals surface area (Å²) in [4.78, 5) is 2.53. The second-order valence-corrected chi connectivity index (χ2v) is 7.68. The number of methoxy groups -OCH3 is 1. The molecule has 0 unspecified atom stereocenters. The van der Waals surface area contributed by atoms with Crippen molar-refractivity contribution in [3.05, 3.63) is 77.4 Å². The van der Waals surface area contributed by atoms with Crippen LogP contribution >= 0.6 is 0 Å². The van der Waals surface area contributed by atoms with Crippen molar-refractivity contribution in [2.24, 2.45) is 0 Å². The zero-order valence-corrected chi connectivity index (χ0v) is 16.8. The predicted molar refractivity (Wildman–Crippen MR) is 111 cm³/mol. The number of hydrogen-bond acceptors (Lipinski definition) is 4. The van der Waals surface area contributed by atoms with Crippen LogP contribution in [0.5, 0.6) is 5.75 Å². The van der Waals surface area contributed by atoms with Gasteiger partial charge in [-0.3, -0.25) is 0 Å². The fourth-order valence-corrected chi connectivity index (χ4v) is 3.89. The monoisotopic (exact) mass is 394 g/mol. The topological polar surface area (TPSA) is 43.2 Å². The summed E-state index contributed by atoms with van der Waals surface area (Å²) in [6.07, 6.45) is 5.32. The van der Waals surface area contributed by atoms with Crippen molar-refractivity contribution >= 4 is 0 Å². The van der Waals surface area contributed by atoms with E-state index in [1.807, 2.05) is 23.0 Å². The molecular formula is C23H27FN4O. The number of ether oxygens (including phenoxy) is 1. The van der Waals surface area contributed by atoms with Gasteiger partial charge in [0.15, 0.2) is 0 Å². The van der Waals surface area contributed by atoms with Crippen molar-refractivity contribution < 1.29 is 9.13 Å². The lowest BCUT2D eigenvalue weighted by molar-refractivity contribution is 0.213. The van der Waals surface area contributed by atoms with Crippen LogP contribution < -0.4 is 4.74 Å². The van der Waals surface area contributed by atoms with Crippen molar-refractivity contribution in [3.8, 4) is 5.75 Å². The highest BCUT2D eigenvalue weighted by Crippen LogP contribution is 2.26. The molecule has 1 aromatic heterocycles. The summed E-state index contributed by atoms with van der Waals surface area (Å²) in [6, 6.07) is 14.9. The van der Waals surface area contributed by atoms with Gasteiger partial charge in [-0.05, 0) is 67.7 Å². The van der Waals surface area contributed by atoms with Crippen LogP contribution in [0.25, 0.3) is 0 Å². The van der Waals surface area contributed by atoms with E-state index in [-0.39, 0.29) is 5.82 Å². The van der Waals surface area contributed by atoms with Crippen molar-refractivity contribution in [2.75, 3.05) is 26.7 Å². The Labute approximate surface area is 171 Å². The van der Waals surface area contributed by atoms with E-state index in [4.69, 9.17) is 4.74 Å². The summed E-state index contributed by atoms with van der Waals surface area (Å²) in [7, 11) is 1.69.